The van der Waals surface area contributed by atoms with Crippen LogP contribution in [0.2, 0.25) is 10.0 Å². The highest BCUT2D eigenvalue weighted by Crippen LogP contribution is 2.31. The fourth-order valence-corrected chi connectivity index (χ4v) is 4.49. The molecule has 9 heteroatoms. The number of sulfonamides is 1. The van der Waals surface area contributed by atoms with Gasteiger partial charge in [0.2, 0.25) is 15.9 Å². The summed E-state index contributed by atoms with van der Waals surface area (Å²) >= 11 is 11.9. The van der Waals surface area contributed by atoms with E-state index in [4.69, 9.17) is 28.9 Å². The topological polar surface area (TPSA) is 83.7 Å². The van der Waals surface area contributed by atoms with E-state index in [2.05, 4.69) is 0 Å². The molecule has 0 aromatic heterocycles. The fraction of sp³-hybridized carbons (Fsp3) is 0.462. The molecule has 1 atom stereocenters. The van der Waals surface area contributed by atoms with Gasteiger partial charge in [-0.25, -0.2) is 8.42 Å². The van der Waals surface area contributed by atoms with Crippen LogP contribution in [0, 0.1) is 0 Å². The Morgan fingerprint density at radius 2 is 1.82 bits per heavy atom. The van der Waals surface area contributed by atoms with Crippen molar-refractivity contribution in [2.24, 2.45) is 5.73 Å². The van der Waals surface area contributed by atoms with Gasteiger partial charge in [-0.3, -0.25) is 9.69 Å². The zero-order valence-electron chi connectivity index (χ0n) is 12.0. The minimum atomic E-state index is -3.71. The molecule has 0 aliphatic carbocycles. The Morgan fingerprint density at radius 1 is 1.23 bits per heavy atom. The Balaban J connectivity index is 2.16. The predicted molar refractivity (Wildman–Crippen MR) is 85.5 cm³/mol. The quantitative estimate of drug-likeness (QED) is 0.867. The molecule has 2 N–H and O–H groups in total. The van der Waals surface area contributed by atoms with E-state index < -0.39 is 22.0 Å². The molecular formula is C13H17Cl2N3O3S. The molecule has 0 spiro atoms. The summed E-state index contributed by atoms with van der Waals surface area (Å²) in [6, 6.07) is 4.10. The van der Waals surface area contributed by atoms with Gasteiger partial charge < -0.3 is 5.73 Å². The van der Waals surface area contributed by atoms with Gasteiger partial charge in [0.1, 0.15) is 4.90 Å². The highest BCUT2D eigenvalue weighted by Gasteiger charge is 2.32. The number of nitrogens with two attached hydrogens (primary N) is 1. The van der Waals surface area contributed by atoms with Crippen molar-refractivity contribution in [2.75, 3.05) is 26.2 Å². The van der Waals surface area contributed by atoms with E-state index in [1.54, 1.807) is 13.0 Å². The molecule has 1 aliphatic heterocycles. The maximum Gasteiger partial charge on any atom is 0.244 e. The second kappa shape index (κ2) is 6.72. The molecule has 1 aromatic carbocycles. The van der Waals surface area contributed by atoms with Gasteiger partial charge in [0.25, 0.3) is 0 Å². The normalized spacial score (nSPS) is 19.0. The molecule has 1 aromatic rings. The van der Waals surface area contributed by atoms with Gasteiger partial charge in [-0.15, -0.1) is 0 Å². The third-order valence-electron chi connectivity index (χ3n) is 3.77. The lowest BCUT2D eigenvalue weighted by molar-refractivity contribution is -0.123. The van der Waals surface area contributed by atoms with Crippen molar-refractivity contribution < 1.29 is 13.2 Å². The second-order valence-electron chi connectivity index (χ2n) is 5.07. The van der Waals surface area contributed by atoms with Crippen LogP contribution in [0.1, 0.15) is 6.92 Å². The molecule has 1 amide bonds. The molecule has 0 saturated carbocycles. The molecule has 22 heavy (non-hydrogen) atoms. The van der Waals surface area contributed by atoms with Crippen molar-refractivity contribution in [3.05, 3.63) is 28.2 Å². The van der Waals surface area contributed by atoms with E-state index >= 15 is 0 Å². The summed E-state index contributed by atoms with van der Waals surface area (Å²) in [6.07, 6.45) is 0. The number of hydrogen-bond donors (Lipinski definition) is 1. The number of carbonyl (C=O) groups excluding carboxylic acids is 1. The molecule has 0 unspecified atom stereocenters. The average Bonchev–Trinajstić information content (AvgIpc) is 2.49. The fourth-order valence-electron chi connectivity index (χ4n) is 2.33. The van der Waals surface area contributed by atoms with Crippen LogP contribution in [0.4, 0.5) is 0 Å². The van der Waals surface area contributed by atoms with Gasteiger partial charge in [0.05, 0.1) is 16.1 Å². The Bertz CT molecular complexity index is 673. The van der Waals surface area contributed by atoms with E-state index in [1.165, 1.54) is 16.4 Å². The molecule has 6 nitrogen and oxygen atoms in total. The summed E-state index contributed by atoms with van der Waals surface area (Å²) in [4.78, 5) is 13.1. The first-order chi connectivity index (χ1) is 10.2. The van der Waals surface area contributed by atoms with Crippen molar-refractivity contribution >= 4 is 39.1 Å². The van der Waals surface area contributed by atoms with Gasteiger partial charge in [0.15, 0.2) is 0 Å². The molecule has 2 rings (SSSR count). The zero-order valence-corrected chi connectivity index (χ0v) is 14.3. The summed E-state index contributed by atoms with van der Waals surface area (Å²) in [7, 11) is -3.71. The Morgan fingerprint density at radius 3 is 2.36 bits per heavy atom. The molecule has 0 radical (unpaired) electrons. The third kappa shape index (κ3) is 3.38. The van der Waals surface area contributed by atoms with Crippen molar-refractivity contribution in [1.82, 2.24) is 9.21 Å². The van der Waals surface area contributed by atoms with E-state index in [9.17, 15) is 13.2 Å². The first-order valence-electron chi connectivity index (χ1n) is 6.72. The highest BCUT2D eigenvalue weighted by atomic mass is 35.5. The Hall–Kier alpha value is -0.860. The number of hydrogen-bond acceptors (Lipinski definition) is 4. The lowest BCUT2D eigenvalue weighted by Gasteiger charge is -2.36. The van der Waals surface area contributed by atoms with Gasteiger partial charge in [-0.05, 0) is 19.1 Å². The molecule has 1 aliphatic rings. The molecular weight excluding hydrogens is 349 g/mol. The molecule has 0 bridgehead atoms. The number of rotatable bonds is 4. The van der Waals surface area contributed by atoms with Crippen LogP contribution in [0.25, 0.3) is 0 Å². The lowest BCUT2D eigenvalue weighted by Crippen LogP contribution is -2.54. The van der Waals surface area contributed by atoms with E-state index in [-0.39, 0.29) is 28.0 Å². The number of benzene rings is 1. The van der Waals surface area contributed by atoms with E-state index in [0.29, 0.717) is 13.1 Å². The first kappa shape index (κ1) is 17.5. The SMILES string of the molecule is C[C@H](C(N)=O)N1CCN(S(=O)(=O)c2cccc(Cl)c2Cl)CC1. The summed E-state index contributed by atoms with van der Waals surface area (Å²) in [5.41, 5.74) is 5.27. The molecule has 1 saturated heterocycles. The molecule has 1 fully saturated rings. The maximum atomic E-state index is 12.6. The highest BCUT2D eigenvalue weighted by molar-refractivity contribution is 7.89. The van der Waals surface area contributed by atoms with Crippen molar-refractivity contribution in [1.29, 1.82) is 0 Å². The van der Waals surface area contributed by atoms with Crippen LogP contribution in [-0.4, -0.2) is 55.8 Å². The zero-order chi connectivity index (χ0) is 16.5. The number of amides is 1. The average molecular weight is 366 g/mol. The third-order valence-corrected chi connectivity index (χ3v) is 6.64. The number of carbonyl (C=O) groups is 1. The minimum absolute atomic E-state index is 0.00179. The van der Waals surface area contributed by atoms with Crippen LogP contribution in [0.3, 0.4) is 0 Å². The molecule has 122 valence electrons. The van der Waals surface area contributed by atoms with Gasteiger partial charge in [0, 0.05) is 26.2 Å². The van der Waals surface area contributed by atoms with Crippen LogP contribution >= 0.6 is 23.2 Å². The summed E-state index contributed by atoms with van der Waals surface area (Å²) in [5, 5.41) is 0.223. The standard InChI is InChI=1S/C13H17Cl2N3O3S/c1-9(13(16)19)17-5-7-18(8-6-17)22(20,21)11-4-2-3-10(14)12(11)15/h2-4,9H,5-8H2,1H3,(H2,16,19)/t9-/m1/s1. The minimum Gasteiger partial charge on any atom is -0.368 e. The number of nitrogens with zero attached hydrogens (tertiary/aromatic N) is 2. The summed E-state index contributed by atoms with van der Waals surface area (Å²) < 4.78 is 26.6. The number of piperazine rings is 1. The molecule has 1 heterocycles. The van der Waals surface area contributed by atoms with Gasteiger partial charge in [-0.2, -0.15) is 4.31 Å². The first-order valence-corrected chi connectivity index (χ1v) is 8.92. The van der Waals surface area contributed by atoms with Gasteiger partial charge >= 0.3 is 0 Å². The summed E-state index contributed by atoms with van der Waals surface area (Å²) in [6.45, 7) is 3.11. The second-order valence-corrected chi connectivity index (χ2v) is 7.76. The van der Waals surface area contributed by atoms with Crippen LogP contribution in [0.15, 0.2) is 23.1 Å². The lowest BCUT2D eigenvalue weighted by atomic mass is 10.2. The number of primary amides is 1. The smallest absolute Gasteiger partial charge is 0.244 e. The number of halogens is 2. The van der Waals surface area contributed by atoms with Crippen LogP contribution in [0.5, 0.6) is 0 Å². The van der Waals surface area contributed by atoms with Crippen LogP contribution < -0.4 is 5.73 Å². The van der Waals surface area contributed by atoms with Crippen LogP contribution in [-0.2, 0) is 14.8 Å². The van der Waals surface area contributed by atoms with Gasteiger partial charge in [-0.1, -0.05) is 29.3 Å². The van der Waals surface area contributed by atoms with Crippen molar-refractivity contribution in [3.63, 3.8) is 0 Å². The van der Waals surface area contributed by atoms with Crippen molar-refractivity contribution in [2.45, 2.75) is 17.9 Å². The Labute approximate surface area is 139 Å². The predicted octanol–water partition coefficient (Wildman–Crippen LogP) is 1.17. The summed E-state index contributed by atoms with van der Waals surface area (Å²) in [5.74, 6) is -0.422. The maximum absolute atomic E-state index is 12.6. The Kier molecular flexibility index (Phi) is 5.34. The van der Waals surface area contributed by atoms with E-state index in [1.807, 2.05) is 4.90 Å². The monoisotopic (exact) mass is 365 g/mol. The van der Waals surface area contributed by atoms with Crippen molar-refractivity contribution in [3.8, 4) is 0 Å². The van der Waals surface area contributed by atoms with E-state index in [0.717, 1.165) is 0 Å². The largest absolute Gasteiger partial charge is 0.368 e.